The molecule has 0 saturated heterocycles. The van der Waals surface area contributed by atoms with Gasteiger partial charge in [0.05, 0.1) is 5.41 Å². The highest BCUT2D eigenvalue weighted by molar-refractivity contribution is 5.94. The van der Waals surface area contributed by atoms with E-state index in [0.29, 0.717) is 12.2 Å². The SMILES string of the molecule is C=CC12CCCCC1=CCC2=O. The molecule has 2 rings (SSSR count). The van der Waals surface area contributed by atoms with Gasteiger partial charge >= 0.3 is 0 Å². The minimum absolute atomic E-state index is 0.224. The third-order valence-electron chi connectivity index (χ3n) is 3.22. The fraction of sp³-hybridized carbons (Fsp3) is 0.545. The van der Waals surface area contributed by atoms with Gasteiger partial charge in [-0.25, -0.2) is 0 Å². The third kappa shape index (κ3) is 0.825. The molecule has 0 radical (unpaired) electrons. The Hall–Kier alpha value is -0.850. The van der Waals surface area contributed by atoms with E-state index in [0.717, 1.165) is 12.8 Å². The van der Waals surface area contributed by atoms with E-state index < -0.39 is 0 Å². The Morgan fingerprint density at radius 3 is 3.00 bits per heavy atom. The van der Waals surface area contributed by atoms with E-state index in [1.54, 1.807) is 0 Å². The lowest BCUT2D eigenvalue weighted by Gasteiger charge is -2.31. The molecule has 1 saturated carbocycles. The maximum atomic E-state index is 11.6. The number of hydrogen-bond donors (Lipinski definition) is 0. The average Bonchev–Trinajstić information content (AvgIpc) is 2.45. The molecule has 1 fully saturated rings. The fourth-order valence-electron chi connectivity index (χ4n) is 2.45. The molecule has 64 valence electrons. The molecule has 0 amide bonds. The summed E-state index contributed by atoms with van der Waals surface area (Å²) in [5.41, 5.74) is 1.12. The predicted molar refractivity (Wildman–Crippen MR) is 48.8 cm³/mol. The highest BCUT2D eigenvalue weighted by atomic mass is 16.1. The van der Waals surface area contributed by atoms with Crippen molar-refractivity contribution >= 4 is 5.78 Å². The van der Waals surface area contributed by atoms with Gasteiger partial charge in [-0.05, 0) is 19.3 Å². The molecular weight excluding hydrogens is 148 g/mol. The Balaban J connectivity index is 2.39. The van der Waals surface area contributed by atoms with Crippen molar-refractivity contribution in [1.82, 2.24) is 0 Å². The summed E-state index contributed by atoms with van der Waals surface area (Å²) in [6.45, 7) is 3.81. The van der Waals surface area contributed by atoms with Gasteiger partial charge in [0, 0.05) is 6.42 Å². The number of carbonyl (C=O) groups is 1. The molecular formula is C11H14O. The van der Waals surface area contributed by atoms with Crippen LogP contribution in [0.4, 0.5) is 0 Å². The van der Waals surface area contributed by atoms with E-state index >= 15 is 0 Å². The molecule has 0 aromatic rings. The van der Waals surface area contributed by atoms with Crippen LogP contribution in [0.3, 0.4) is 0 Å². The highest BCUT2D eigenvalue weighted by Gasteiger charge is 2.42. The maximum Gasteiger partial charge on any atom is 0.150 e. The van der Waals surface area contributed by atoms with Crippen LogP contribution in [0.1, 0.15) is 32.1 Å². The molecule has 0 aromatic carbocycles. The van der Waals surface area contributed by atoms with Crippen LogP contribution in [0.15, 0.2) is 24.3 Å². The first-order valence-electron chi connectivity index (χ1n) is 4.66. The van der Waals surface area contributed by atoms with Gasteiger partial charge in [0.15, 0.2) is 5.78 Å². The van der Waals surface area contributed by atoms with Crippen molar-refractivity contribution in [2.24, 2.45) is 5.41 Å². The molecule has 0 spiro atoms. The summed E-state index contributed by atoms with van der Waals surface area (Å²) in [6, 6.07) is 0. The van der Waals surface area contributed by atoms with E-state index in [1.807, 2.05) is 6.08 Å². The molecule has 1 nitrogen and oxygen atoms in total. The number of ketones is 1. The van der Waals surface area contributed by atoms with Gasteiger partial charge in [0.25, 0.3) is 0 Å². The van der Waals surface area contributed by atoms with Crippen LogP contribution < -0.4 is 0 Å². The van der Waals surface area contributed by atoms with E-state index in [4.69, 9.17) is 0 Å². The second-order valence-electron chi connectivity index (χ2n) is 3.74. The van der Waals surface area contributed by atoms with Crippen LogP contribution in [0.25, 0.3) is 0 Å². The van der Waals surface area contributed by atoms with Crippen LogP contribution >= 0.6 is 0 Å². The quantitative estimate of drug-likeness (QED) is 0.542. The van der Waals surface area contributed by atoms with Gasteiger partial charge in [-0.2, -0.15) is 0 Å². The molecule has 1 heteroatoms. The second-order valence-corrected chi connectivity index (χ2v) is 3.74. The van der Waals surface area contributed by atoms with Crippen molar-refractivity contribution in [1.29, 1.82) is 0 Å². The van der Waals surface area contributed by atoms with Gasteiger partial charge in [0.1, 0.15) is 0 Å². The number of carbonyl (C=O) groups excluding carboxylic acids is 1. The molecule has 2 aliphatic carbocycles. The second kappa shape index (κ2) is 2.58. The molecule has 1 unspecified atom stereocenters. The van der Waals surface area contributed by atoms with E-state index in [2.05, 4.69) is 12.7 Å². The first-order chi connectivity index (χ1) is 5.79. The first kappa shape index (κ1) is 7.78. The summed E-state index contributed by atoms with van der Waals surface area (Å²) >= 11 is 0. The van der Waals surface area contributed by atoms with Gasteiger partial charge in [-0.3, -0.25) is 4.79 Å². The molecule has 0 aromatic heterocycles. The summed E-state index contributed by atoms with van der Waals surface area (Å²) in [7, 11) is 0. The van der Waals surface area contributed by atoms with E-state index in [-0.39, 0.29) is 5.41 Å². The zero-order chi connectivity index (χ0) is 8.60. The molecule has 0 heterocycles. The molecule has 0 aliphatic heterocycles. The van der Waals surface area contributed by atoms with Crippen molar-refractivity contribution in [2.45, 2.75) is 32.1 Å². The van der Waals surface area contributed by atoms with E-state index in [9.17, 15) is 4.79 Å². The molecule has 0 N–H and O–H groups in total. The Kier molecular flexibility index (Phi) is 1.67. The molecule has 0 bridgehead atoms. The third-order valence-corrected chi connectivity index (χ3v) is 3.22. The summed E-state index contributed by atoms with van der Waals surface area (Å²) in [5, 5.41) is 0. The van der Waals surface area contributed by atoms with Crippen molar-refractivity contribution in [2.75, 3.05) is 0 Å². The number of rotatable bonds is 1. The van der Waals surface area contributed by atoms with Crippen LogP contribution in [-0.2, 0) is 4.79 Å². The van der Waals surface area contributed by atoms with Crippen LogP contribution in [0, 0.1) is 5.41 Å². The van der Waals surface area contributed by atoms with Crippen molar-refractivity contribution in [3.05, 3.63) is 24.3 Å². The van der Waals surface area contributed by atoms with Crippen molar-refractivity contribution in [3.63, 3.8) is 0 Å². The van der Waals surface area contributed by atoms with E-state index in [1.165, 1.54) is 18.4 Å². The highest BCUT2D eigenvalue weighted by Crippen LogP contribution is 2.47. The lowest BCUT2D eigenvalue weighted by molar-refractivity contribution is -0.123. The Bertz CT molecular complexity index is 262. The lowest BCUT2D eigenvalue weighted by Crippen LogP contribution is -2.29. The monoisotopic (exact) mass is 162 g/mol. The predicted octanol–water partition coefficient (Wildman–Crippen LogP) is 2.63. The smallest absolute Gasteiger partial charge is 0.150 e. The van der Waals surface area contributed by atoms with Gasteiger partial charge < -0.3 is 0 Å². The number of Topliss-reactive ketones (excluding diaryl/α,β-unsaturated/α-hetero) is 1. The minimum Gasteiger partial charge on any atom is -0.298 e. The maximum absolute atomic E-state index is 11.6. The zero-order valence-electron chi connectivity index (χ0n) is 7.31. The summed E-state index contributed by atoms with van der Waals surface area (Å²) < 4.78 is 0. The summed E-state index contributed by atoms with van der Waals surface area (Å²) in [5.74, 6) is 0.368. The zero-order valence-corrected chi connectivity index (χ0v) is 7.31. The Morgan fingerprint density at radius 2 is 2.33 bits per heavy atom. The minimum atomic E-state index is -0.224. The lowest BCUT2D eigenvalue weighted by atomic mass is 9.71. The van der Waals surface area contributed by atoms with Crippen LogP contribution in [0.2, 0.25) is 0 Å². The Labute approximate surface area is 73.2 Å². The van der Waals surface area contributed by atoms with Crippen molar-refractivity contribution < 1.29 is 4.79 Å². The van der Waals surface area contributed by atoms with Crippen LogP contribution in [-0.4, -0.2) is 5.78 Å². The fourth-order valence-corrected chi connectivity index (χ4v) is 2.45. The largest absolute Gasteiger partial charge is 0.298 e. The summed E-state index contributed by atoms with van der Waals surface area (Å²) in [6.07, 6.45) is 9.15. The number of allylic oxidation sites excluding steroid dienone is 3. The van der Waals surface area contributed by atoms with Gasteiger partial charge in [-0.15, -0.1) is 6.58 Å². The van der Waals surface area contributed by atoms with Gasteiger partial charge in [0.2, 0.25) is 0 Å². The number of fused-ring (bicyclic) bond motifs is 1. The standard InChI is InChI=1S/C11H14O/c1-2-11-8-4-3-5-9(11)6-7-10(11)12/h2,6H,1,3-5,7-8H2. The first-order valence-corrected chi connectivity index (χ1v) is 4.66. The number of hydrogen-bond acceptors (Lipinski definition) is 1. The normalized spacial score (nSPS) is 34.3. The topological polar surface area (TPSA) is 17.1 Å². The summed E-state index contributed by atoms with van der Waals surface area (Å²) in [4.78, 5) is 11.6. The molecule has 1 atom stereocenters. The van der Waals surface area contributed by atoms with Crippen LogP contribution in [0.5, 0.6) is 0 Å². The molecule has 2 aliphatic rings. The van der Waals surface area contributed by atoms with Crippen molar-refractivity contribution in [3.8, 4) is 0 Å². The molecule has 12 heavy (non-hydrogen) atoms. The average molecular weight is 162 g/mol. The Morgan fingerprint density at radius 1 is 1.50 bits per heavy atom. The van der Waals surface area contributed by atoms with Gasteiger partial charge in [-0.1, -0.05) is 24.1 Å².